The number of hydrogen-bond donors (Lipinski definition) is 2. The molecule has 0 fully saturated rings. The molecule has 30 heavy (non-hydrogen) atoms. The smallest absolute Gasteiger partial charge is 0.228 e. The molecule has 0 spiro atoms. The van der Waals surface area contributed by atoms with Crippen LogP contribution in [0.1, 0.15) is 34.3 Å². The normalized spacial score (nSPS) is 16.5. The van der Waals surface area contributed by atoms with E-state index in [0.29, 0.717) is 23.2 Å². The van der Waals surface area contributed by atoms with E-state index in [1.807, 2.05) is 30.3 Å². The molecule has 0 saturated carbocycles. The molecule has 1 aliphatic heterocycles. The van der Waals surface area contributed by atoms with E-state index in [9.17, 15) is 14.7 Å². The minimum atomic E-state index is -0.353. The van der Waals surface area contributed by atoms with Crippen molar-refractivity contribution >= 4 is 23.1 Å². The molecule has 6 nitrogen and oxygen atoms in total. The van der Waals surface area contributed by atoms with E-state index >= 15 is 0 Å². The van der Waals surface area contributed by atoms with Gasteiger partial charge in [-0.25, -0.2) is 0 Å². The van der Waals surface area contributed by atoms with Crippen LogP contribution in [-0.2, 0) is 9.63 Å². The number of rotatable bonds is 4. The van der Waals surface area contributed by atoms with Gasteiger partial charge in [0.25, 0.3) is 0 Å². The first-order valence-corrected chi connectivity index (χ1v) is 9.68. The zero-order chi connectivity index (χ0) is 20.7. The third-order valence-corrected chi connectivity index (χ3v) is 5.36. The molecule has 1 aliphatic carbocycles. The first-order chi connectivity index (χ1) is 14.6. The number of ketones is 1. The summed E-state index contributed by atoms with van der Waals surface area (Å²) in [5, 5.41) is 16.3. The van der Waals surface area contributed by atoms with Gasteiger partial charge in [-0.15, -0.1) is 0 Å². The van der Waals surface area contributed by atoms with Gasteiger partial charge in [0, 0.05) is 23.2 Å². The Morgan fingerprint density at radius 3 is 2.53 bits per heavy atom. The molecule has 5 rings (SSSR count). The summed E-state index contributed by atoms with van der Waals surface area (Å²) >= 11 is 0. The van der Waals surface area contributed by atoms with Crippen molar-refractivity contribution in [1.29, 1.82) is 0 Å². The third kappa shape index (κ3) is 3.22. The number of nitrogens with zero attached hydrogens (tertiary/aromatic N) is 1. The van der Waals surface area contributed by atoms with Gasteiger partial charge in [-0.2, -0.15) is 0 Å². The summed E-state index contributed by atoms with van der Waals surface area (Å²) in [6, 6.07) is 19.6. The Morgan fingerprint density at radius 2 is 1.73 bits per heavy atom. The first-order valence-electron chi connectivity index (χ1n) is 9.68. The number of nitrogens with one attached hydrogen (secondary N) is 1. The molecule has 1 unspecified atom stereocenters. The molecule has 1 heterocycles. The van der Waals surface area contributed by atoms with Crippen LogP contribution in [0.3, 0.4) is 0 Å². The number of oxime groups is 1. The van der Waals surface area contributed by atoms with Crippen LogP contribution in [0.25, 0.3) is 11.1 Å². The van der Waals surface area contributed by atoms with Crippen LogP contribution in [0.2, 0.25) is 0 Å². The van der Waals surface area contributed by atoms with E-state index in [1.165, 1.54) is 0 Å². The zero-order valence-electron chi connectivity index (χ0n) is 16.0. The van der Waals surface area contributed by atoms with Crippen molar-refractivity contribution in [1.82, 2.24) is 0 Å². The highest BCUT2D eigenvalue weighted by Crippen LogP contribution is 2.37. The van der Waals surface area contributed by atoms with E-state index in [1.54, 1.807) is 36.4 Å². The average molecular weight is 398 g/mol. The predicted octanol–water partition coefficient (Wildman–Crippen LogP) is 4.13. The fourth-order valence-electron chi connectivity index (χ4n) is 3.89. The maximum atomic E-state index is 12.6. The molecule has 1 atom stereocenters. The number of benzene rings is 3. The highest BCUT2D eigenvalue weighted by molar-refractivity contribution is 6.22. The number of anilines is 1. The zero-order valence-corrected chi connectivity index (χ0v) is 16.0. The van der Waals surface area contributed by atoms with Gasteiger partial charge < -0.3 is 15.3 Å². The van der Waals surface area contributed by atoms with Gasteiger partial charge in [0.15, 0.2) is 5.78 Å². The summed E-state index contributed by atoms with van der Waals surface area (Å²) in [6.45, 7) is 0. The Morgan fingerprint density at radius 1 is 1.00 bits per heavy atom. The molecule has 0 radical (unpaired) electrons. The minimum Gasteiger partial charge on any atom is -0.508 e. The van der Waals surface area contributed by atoms with Crippen molar-refractivity contribution in [2.45, 2.75) is 18.9 Å². The summed E-state index contributed by atoms with van der Waals surface area (Å²) in [7, 11) is 0. The van der Waals surface area contributed by atoms with Crippen molar-refractivity contribution in [3.05, 3.63) is 83.4 Å². The van der Waals surface area contributed by atoms with Gasteiger partial charge in [0.1, 0.15) is 11.9 Å². The Kier molecular flexibility index (Phi) is 4.32. The minimum absolute atomic E-state index is 0.0252. The molecular weight excluding hydrogens is 380 g/mol. The van der Waals surface area contributed by atoms with E-state index in [2.05, 4.69) is 10.5 Å². The fraction of sp³-hybridized carbons (Fsp3) is 0.125. The van der Waals surface area contributed by atoms with Gasteiger partial charge in [-0.05, 0) is 53.1 Å². The van der Waals surface area contributed by atoms with Crippen LogP contribution in [0, 0.1) is 0 Å². The molecule has 1 amide bonds. The Bertz CT molecular complexity index is 1200. The highest BCUT2D eigenvalue weighted by Gasteiger charge is 2.27. The summed E-state index contributed by atoms with van der Waals surface area (Å²) < 4.78 is 0. The number of aromatic hydroxyl groups is 1. The first kappa shape index (κ1) is 18.1. The third-order valence-electron chi connectivity index (χ3n) is 5.36. The average Bonchev–Trinajstić information content (AvgIpc) is 3.32. The van der Waals surface area contributed by atoms with Crippen LogP contribution in [0.4, 0.5) is 5.69 Å². The molecule has 2 aliphatic rings. The topological polar surface area (TPSA) is 88.0 Å². The Balaban J connectivity index is 1.23. The number of phenols is 1. The summed E-state index contributed by atoms with van der Waals surface area (Å²) in [4.78, 5) is 30.5. The fourth-order valence-corrected chi connectivity index (χ4v) is 3.89. The second-order valence-corrected chi connectivity index (χ2v) is 7.40. The molecule has 0 saturated heterocycles. The number of carbonyl (C=O) groups excluding carboxylic acids is 2. The van der Waals surface area contributed by atoms with Gasteiger partial charge in [0.05, 0.1) is 12.1 Å². The summed E-state index contributed by atoms with van der Waals surface area (Å²) in [5.41, 5.74) is 5.28. The molecule has 0 aromatic heterocycles. The highest BCUT2D eigenvalue weighted by atomic mass is 16.6. The Hall–Kier alpha value is -3.93. The van der Waals surface area contributed by atoms with Crippen molar-refractivity contribution in [3.63, 3.8) is 0 Å². The molecule has 148 valence electrons. The SMILES string of the molecule is O=C(CC1CC(c2ccc(O)cc2)=NO1)Nc1ccc2c(c1)C(=O)c1ccccc1-2. The largest absolute Gasteiger partial charge is 0.508 e. The van der Waals surface area contributed by atoms with Crippen LogP contribution in [-0.4, -0.2) is 28.6 Å². The molecule has 3 aromatic rings. The number of phenolic OH excluding ortho intramolecular Hbond substituents is 1. The van der Waals surface area contributed by atoms with Crippen molar-refractivity contribution in [2.75, 3.05) is 5.32 Å². The number of fused-ring (bicyclic) bond motifs is 3. The van der Waals surface area contributed by atoms with Crippen molar-refractivity contribution in [3.8, 4) is 16.9 Å². The lowest BCUT2D eigenvalue weighted by Gasteiger charge is -2.10. The van der Waals surface area contributed by atoms with Crippen LogP contribution in [0.15, 0.2) is 71.9 Å². The van der Waals surface area contributed by atoms with E-state index in [0.717, 1.165) is 22.4 Å². The van der Waals surface area contributed by atoms with Crippen LogP contribution >= 0.6 is 0 Å². The van der Waals surface area contributed by atoms with Crippen molar-refractivity contribution < 1.29 is 19.5 Å². The molecule has 3 aromatic carbocycles. The predicted molar refractivity (Wildman–Crippen MR) is 113 cm³/mol. The van der Waals surface area contributed by atoms with E-state index in [-0.39, 0.29) is 30.0 Å². The number of carbonyl (C=O) groups is 2. The van der Waals surface area contributed by atoms with Gasteiger partial charge in [-0.1, -0.05) is 35.5 Å². The summed E-state index contributed by atoms with van der Waals surface area (Å²) in [5.74, 6) is -0.0436. The summed E-state index contributed by atoms with van der Waals surface area (Å²) in [6.07, 6.45) is 0.307. The van der Waals surface area contributed by atoms with Crippen molar-refractivity contribution in [2.24, 2.45) is 5.16 Å². The standard InChI is InChI=1S/C24H18N2O4/c27-16-8-5-14(6-9-16)22-12-17(30-26-22)13-23(28)25-15-7-10-19-18-3-1-2-4-20(18)24(29)21(19)11-15/h1-11,17,27H,12-13H2,(H,25,28). The van der Waals surface area contributed by atoms with Gasteiger partial charge >= 0.3 is 0 Å². The maximum absolute atomic E-state index is 12.6. The molecule has 2 N–H and O–H groups in total. The van der Waals surface area contributed by atoms with Gasteiger partial charge in [0.2, 0.25) is 5.91 Å². The quantitative estimate of drug-likeness (QED) is 0.541. The lowest BCUT2D eigenvalue weighted by atomic mass is 10.0. The van der Waals surface area contributed by atoms with Gasteiger partial charge in [-0.3, -0.25) is 9.59 Å². The lowest BCUT2D eigenvalue weighted by molar-refractivity contribution is -0.118. The Labute approximate surface area is 172 Å². The van der Waals surface area contributed by atoms with E-state index < -0.39 is 0 Å². The maximum Gasteiger partial charge on any atom is 0.228 e. The van der Waals surface area contributed by atoms with Crippen LogP contribution < -0.4 is 5.32 Å². The molecule has 0 bridgehead atoms. The van der Waals surface area contributed by atoms with E-state index in [4.69, 9.17) is 4.84 Å². The molecule has 6 heteroatoms. The monoisotopic (exact) mass is 398 g/mol. The number of hydrogen-bond acceptors (Lipinski definition) is 5. The second kappa shape index (κ2) is 7.15. The lowest BCUT2D eigenvalue weighted by Crippen LogP contribution is -2.20. The molecular formula is C24H18N2O4. The van der Waals surface area contributed by atoms with Crippen LogP contribution in [0.5, 0.6) is 5.75 Å². The number of amides is 1. The second-order valence-electron chi connectivity index (χ2n) is 7.40.